The Balaban J connectivity index is 1.41. The zero-order chi connectivity index (χ0) is 20.4. The molecule has 1 heterocycles. The van der Waals surface area contributed by atoms with E-state index in [1.807, 2.05) is 42.5 Å². The quantitative estimate of drug-likeness (QED) is 0.772. The van der Waals surface area contributed by atoms with Crippen LogP contribution in [0.1, 0.15) is 56.1 Å². The Kier molecular flexibility index (Phi) is 5.73. The second kappa shape index (κ2) is 8.27. The van der Waals surface area contributed by atoms with Crippen molar-refractivity contribution in [2.45, 2.75) is 56.4 Å². The molecule has 3 atom stereocenters. The number of benzene rings is 2. The van der Waals surface area contributed by atoms with E-state index in [0.29, 0.717) is 18.4 Å². The largest absolute Gasteiger partial charge is 0.481 e. The number of rotatable bonds is 4. The molecule has 3 nitrogen and oxygen atoms in total. The maximum Gasteiger partial charge on any atom is 0.314 e. The molecule has 1 N–H and O–H groups in total. The Hall–Kier alpha value is -2.20. The number of hydrogen-bond donors (Lipinski definition) is 1. The summed E-state index contributed by atoms with van der Waals surface area (Å²) in [6, 6.07) is 17.2. The third-order valence-electron chi connectivity index (χ3n) is 7.40. The second-order valence-electron chi connectivity index (χ2n) is 8.83. The second-order valence-corrected chi connectivity index (χ2v) is 8.83. The Morgan fingerprint density at radius 1 is 1.03 bits per heavy atom. The SMILES string of the molecule is C[C@H]1C[C@@H](N2CCC(c3ccc(F)cc3)CC2)CCC1(C(=O)O)c1ccccc1. The Labute approximate surface area is 172 Å². The lowest BCUT2D eigenvalue weighted by Gasteiger charge is -2.47. The van der Waals surface area contributed by atoms with Gasteiger partial charge in [-0.05, 0) is 80.3 Å². The molecule has 2 fully saturated rings. The molecule has 4 heteroatoms. The highest BCUT2D eigenvalue weighted by Gasteiger charge is 2.49. The predicted molar refractivity (Wildman–Crippen MR) is 113 cm³/mol. The number of halogens is 1. The lowest BCUT2D eigenvalue weighted by Crippen LogP contribution is -2.52. The van der Waals surface area contributed by atoms with E-state index >= 15 is 0 Å². The van der Waals surface area contributed by atoms with E-state index in [1.54, 1.807) is 12.1 Å². The van der Waals surface area contributed by atoms with Crippen LogP contribution in [0.25, 0.3) is 0 Å². The topological polar surface area (TPSA) is 40.5 Å². The van der Waals surface area contributed by atoms with Crippen LogP contribution in [0.5, 0.6) is 0 Å². The molecule has 0 amide bonds. The van der Waals surface area contributed by atoms with Gasteiger partial charge in [-0.25, -0.2) is 4.39 Å². The zero-order valence-corrected chi connectivity index (χ0v) is 17.1. The molecule has 0 radical (unpaired) electrons. The summed E-state index contributed by atoms with van der Waals surface area (Å²) in [5.74, 6) is -0.279. The average molecular weight is 396 g/mol. The first-order chi connectivity index (χ1) is 14.0. The number of nitrogens with zero attached hydrogens (tertiary/aromatic N) is 1. The van der Waals surface area contributed by atoms with Crippen LogP contribution >= 0.6 is 0 Å². The van der Waals surface area contributed by atoms with Crippen LogP contribution in [0.15, 0.2) is 54.6 Å². The number of hydrogen-bond acceptors (Lipinski definition) is 2. The van der Waals surface area contributed by atoms with Gasteiger partial charge in [-0.1, -0.05) is 49.4 Å². The van der Waals surface area contributed by atoms with Crippen LogP contribution in [-0.2, 0) is 10.2 Å². The molecule has 1 saturated carbocycles. The summed E-state index contributed by atoms with van der Waals surface area (Å²) >= 11 is 0. The Morgan fingerprint density at radius 2 is 1.69 bits per heavy atom. The van der Waals surface area contributed by atoms with Crippen molar-refractivity contribution in [3.05, 3.63) is 71.5 Å². The Morgan fingerprint density at radius 3 is 2.28 bits per heavy atom. The highest BCUT2D eigenvalue weighted by Crippen LogP contribution is 2.46. The minimum Gasteiger partial charge on any atom is -0.481 e. The smallest absolute Gasteiger partial charge is 0.314 e. The minimum atomic E-state index is -0.774. The van der Waals surface area contributed by atoms with Gasteiger partial charge in [0.2, 0.25) is 0 Å². The predicted octanol–water partition coefficient (Wildman–Crippen LogP) is 5.22. The third kappa shape index (κ3) is 3.83. The van der Waals surface area contributed by atoms with E-state index in [1.165, 1.54) is 5.56 Å². The van der Waals surface area contributed by atoms with E-state index in [-0.39, 0.29) is 11.7 Å². The van der Waals surface area contributed by atoms with Crippen molar-refractivity contribution >= 4 is 5.97 Å². The van der Waals surface area contributed by atoms with Gasteiger partial charge in [0.15, 0.2) is 0 Å². The van der Waals surface area contributed by atoms with Gasteiger partial charge in [0, 0.05) is 6.04 Å². The molecule has 0 bridgehead atoms. The summed E-state index contributed by atoms with van der Waals surface area (Å²) in [6.45, 7) is 4.17. The molecule has 2 aromatic rings. The summed E-state index contributed by atoms with van der Waals surface area (Å²) in [5.41, 5.74) is 1.40. The first-order valence-corrected chi connectivity index (χ1v) is 10.8. The normalized spacial score (nSPS) is 28.9. The van der Waals surface area contributed by atoms with Gasteiger partial charge in [-0.2, -0.15) is 0 Å². The first kappa shape index (κ1) is 20.1. The summed E-state index contributed by atoms with van der Waals surface area (Å²) in [6.07, 6.45) is 4.70. The van der Waals surface area contributed by atoms with Crippen molar-refractivity contribution in [2.24, 2.45) is 5.92 Å². The van der Waals surface area contributed by atoms with Crippen molar-refractivity contribution in [1.29, 1.82) is 0 Å². The molecule has 4 rings (SSSR count). The first-order valence-electron chi connectivity index (χ1n) is 10.8. The number of aliphatic carboxylic acids is 1. The molecule has 2 aromatic carbocycles. The zero-order valence-electron chi connectivity index (χ0n) is 17.1. The maximum atomic E-state index is 13.2. The van der Waals surface area contributed by atoms with Crippen LogP contribution in [0.3, 0.4) is 0 Å². The fraction of sp³-hybridized carbons (Fsp3) is 0.480. The highest BCUT2D eigenvalue weighted by molar-refractivity contribution is 5.82. The monoisotopic (exact) mass is 395 g/mol. The van der Waals surface area contributed by atoms with Gasteiger partial charge in [0.25, 0.3) is 0 Å². The van der Waals surface area contributed by atoms with Crippen LogP contribution in [0.4, 0.5) is 4.39 Å². The van der Waals surface area contributed by atoms with Crippen LogP contribution in [0, 0.1) is 11.7 Å². The van der Waals surface area contributed by atoms with Gasteiger partial charge in [0.1, 0.15) is 5.82 Å². The van der Waals surface area contributed by atoms with Crippen LogP contribution in [-0.4, -0.2) is 35.1 Å². The van der Waals surface area contributed by atoms with E-state index in [2.05, 4.69) is 11.8 Å². The van der Waals surface area contributed by atoms with Gasteiger partial charge in [0.05, 0.1) is 5.41 Å². The molecule has 154 valence electrons. The number of carboxylic acid groups (broad SMARTS) is 1. The molecular formula is C25H30FNO2. The van der Waals surface area contributed by atoms with Gasteiger partial charge in [-0.3, -0.25) is 4.79 Å². The summed E-state index contributed by atoms with van der Waals surface area (Å²) in [4.78, 5) is 14.9. The van der Waals surface area contributed by atoms with Crippen molar-refractivity contribution in [2.75, 3.05) is 13.1 Å². The molecule has 2 aliphatic rings. The molecule has 0 spiro atoms. The van der Waals surface area contributed by atoms with E-state index in [9.17, 15) is 14.3 Å². The molecule has 1 aliphatic carbocycles. The molecule has 1 unspecified atom stereocenters. The van der Waals surface area contributed by atoms with E-state index < -0.39 is 11.4 Å². The summed E-state index contributed by atoms with van der Waals surface area (Å²) < 4.78 is 13.2. The van der Waals surface area contributed by atoms with Crippen molar-refractivity contribution in [3.8, 4) is 0 Å². The number of carbonyl (C=O) groups is 1. The lowest BCUT2D eigenvalue weighted by molar-refractivity contribution is -0.148. The molecule has 1 saturated heterocycles. The van der Waals surface area contributed by atoms with Crippen molar-refractivity contribution < 1.29 is 14.3 Å². The Bertz CT molecular complexity index is 830. The fourth-order valence-corrected chi connectivity index (χ4v) is 5.64. The highest BCUT2D eigenvalue weighted by atomic mass is 19.1. The van der Waals surface area contributed by atoms with Gasteiger partial charge < -0.3 is 10.0 Å². The third-order valence-corrected chi connectivity index (χ3v) is 7.40. The van der Waals surface area contributed by atoms with Crippen molar-refractivity contribution in [1.82, 2.24) is 4.90 Å². The van der Waals surface area contributed by atoms with E-state index in [4.69, 9.17) is 0 Å². The lowest BCUT2D eigenvalue weighted by atomic mass is 9.61. The molecule has 1 aliphatic heterocycles. The van der Waals surface area contributed by atoms with Gasteiger partial charge >= 0.3 is 5.97 Å². The number of piperidine rings is 1. The number of carboxylic acids is 1. The molecule has 0 aromatic heterocycles. The standard InChI is InChI=1S/C25H30FNO2/c1-18-17-23(11-14-25(18,24(28)29)21-5-3-2-4-6-21)27-15-12-20(13-16-27)19-7-9-22(26)10-8-19/h2-10,18,20,23H,11-17H2,1H3,(H,28,29)/t18-,23-,25?/m0/s1. The van der Waals surface area contributed by atoms with Crippen LogP contribution in [0.2, 0.25) is 0 Å². The average Bonchev–Trinajstić information content (AvgIpc) is 2.75. The molecule has 29 heavy (non-hydrogen) atoms. The minimum absolute atomic E-state index is 0.0935. The van der Waals surface area contributed by atoms with Gasteiger partial charge in [-0.15, -0.1) is 0 Å². The van der Waals surface area contributed by atoms with E-state index in [0.717, 1.165) is 44.3 Å². The van der Waals surface area contributed by atoms with Crippen molar-refractivity contribution in [3.63, 3.8) is 0 Å². The fourth-order valence-electron chi connectivity index (χ4n) is 5.64. The summed E-state index contributed by atoms with van der Waals surface area (Å²) in [5, 5.41) is 10.1. The maximum absolute atomic E-state index is 13.2. The molecular weight excluding hydrogens is 365 g/mol. The summed E-state index contributed by atoms with van der Waals surface area (Å²) in [7, 11) is 0. The number of likely N-dealkylation sites (tertiary alicyclic amines) is 1. The van der Waals surface area contributed by atoms with Crippen LogP contribution < -0.4 is 0 Å².